The lowest BCUT2D eigenvalue weighted by molar-refractivity contribution is -0.118. The Balaban J connectivity index is 2.00. The molecule has 0 aliphatic carbocycles. The van der Waals surface area contributed by atoms with Crippen molar-refractivity contribution >= 4 is 23.7 Å². The molecule has 13 heavy (non-hydrogen) atoms. The smallest absolute Gasteiger partial charge is 0.315 e. The van der Waals surface area contributed by atoms with Gasteiger partial charge in [0.1, 0.15) is 0 Å². The molecule has 2 aliphatic rings. The van der Waals surface area contributed by atoms with Crippen LogP contribution in [0.5, 0.6) is 0 Å². The highest BCUT2D eigenvalue weighted by atomic mass is 32.2. The minimum atomic E-state index is -0.306. The number of hydrogen-bond donors (Lipinski definition) is 3. The molecule has 2 saturated heterocycles. The Bertz CT molecular complexity index is 258. The normalized spacial score (nSPS) is 36.6. The molecule has 3 atom stereocenters. The van der Waals surface area contributed by atoms with Crippen molar-refractivity contribution in [3.05, 3.63) is 0 Å². The van der Waals surface area contributed by atoms with E-state index in [1.807, 2.05) is 0 Å². The molecule has 0 bridgehead atoms. The van der Waals surface area contributed by atoms with Crippen LogP contribution in [0.25, 0.3) is 0 Å². The molecule has 3 unspecified atom stereocenters. The standard InChI is InChI=1S/C7H11N3O2S/c8-5(11)1-4-6-3(2-13-4)9-7(12)10-6/h3-4,6H,1-2H2,(H2,8,11)(H2,9,10,12). The van der Waals surface area contributed by atoms with E-state index in [9.17, 15) is 9.59 Å². The van der Waals surface area contributed by atoms with Gasteiger partial charge < -0.3 is 16.4 Å². The van der Waals surface area contributed by atoms with Gasteiger partial charge in [-0.15, -0.1) is 0 Å². The van der Waals surface area contributed by atoms with Crippen molar-refractivity contribution < 1.29 is 9.59 Å². The minimum Gasteiger partial charge on any atom is -0.370 e. The molecule has 4 N–H and O–H groups in total. The number of fused-ring (bicyclic) bond motifs is 1. The Morgan fingerprint density at radius 2 is 2.38 bits per heavy atom. The summed E-state index contributed by atoms with van der Waals surface area (Å²) in [4.78, 5) is 21.6. The Kier molecular flexibility index (Phi) is 2.07. The maximum absolute atomic E-state index is 10.9. The summed E-state index contributed by atoms with van der Waals surface area (Å²) in [5.74, 6) is 0.556. The van der Waals surface area contributed by atoms with Crippen LogP contribution in [0.2, 0.25) is 0 Å². The van der Waals surface area contributed by atoms with Crippen molar-refractivity contribution in [1.82, 2.24) is 10.6 Å². The number of nitrogens with two attached hydrogens (primary N) is 1. The van der Waals surface area contributed by atoms with E-state index in [0.717, 1.165) is 5.75 Å². The molecular formula is C7H11N3O2S. The Hall–Kier alpha value is -0.910. The van der Waals surface area contributed by atoms with Crippen molar-refractivity contribution in [3.63, 3.8) is 0 Å². The summed E-state index contributed by atoms with van der Waals surface area (Å²) in [5.41, 5.74) is 5.10. The van der Waals surface area contributed by atoms with E-state index >= 15 is 0 Å². The third-order valence-corrected chi connectivity index (χ3v) is 3.78. The zero-order valence-corrected chi connectivity index (χ0v) is 7.76. The number of rotatable bonds is 2. The van der Waals surface area contributed by atoms with E-state index in [4.69, 9.17) is 5.73 Å². The lowest BCUT2D eigenvalue weighted by Gasteiger charge is -2.14. The van der Waals surface area contributed by atoms with Crippen molar-refractivity contribution in [2.45, 2.75) is 23.8 Å². The summed E-state index contributed by atoms with van der Waals surface area (Å²) in [5, 5.41) is 5.73. The number of amides is 3. The van der Waals surface area contributed by atoms with Crippen LogP contribution in [0.3, 0.4) is 0 Å². The van der Waals surface area contributed by atoms with Crippen molar-refractivity contribution in [3.8, 4) is 0 Å². The summed E-state index contributed by atoms with van der Waals surface area (Å²) in [6.45, 7) is 0. The van der Waals surface area contributed by atoms with E-state index in [-0.39, 0.29) is 29.3 Å². The van der Waals surface area contributed by atoms with Crippen molar-refractivity contribution in [2.75, 3.05) is 5.75 Å². The van der Waals surface area contributed by atoms with Crippen molar-refractivity contribution in [2.24, 2.45) is 5.73 Å². The summed E-state index contributed by atoms with van der Waals surface area (Å²) >= 11 is 1.69. The predicted octanol–water partition coefficient (Wildman–Crippen LogP) is -0.973. The van der Waals surface area contributed by atoms with Crippen LogP contribution in [0.1, 0.15) is 6.42 Å². The monoisotopic (exact) mass is 201 g/mol. The zero-order valence-electron chi connectivity index (χ0n) is 6.95. The molecule has 2 heterocycles. The number of carbonyl (C=O) groups excluding carboxylic acids is 2. The Morgan fingerprint density at radius 1 is 1.62 bits per heavy atom. The maximum Gasteiger partial charge on any atom is 0.315 e. The summed E-state index contributed by atoms with van der Waals surface area (Å²) < 4.78 is 0. The zero-order chi connectivity index (χ0) is 9.42. The molecule has 0 spiro atoms. The van der Waals surface area contributed by atoms with Crippen LogP contribution in [-0.4, -0.2) is 35.0 Å². The first kappa shape index (κ1) is 8.68. The van der Waals surface area contributed by atoms with Gasteiger partial charge in [-0.2, -0.15) is 11.8 Å². The molecule has 0 aromatic carbocycles. The van der Waals surface area contributed by atoms with Crippen LogP contribution in [0.15, 0.2) is 0 Å². The third kappa shape index (κ3) is 1.58. The number of primary amides is 1. The first-order valence-electron chi connectivity index (χ1n) is 4.14. The van der Waals surface area contributed by atoms with E-state index in [0.29, 0.717) is 6.42 Å². The van der Waals surface area contributed by atoms with E-state index < -0.39 is 0 Å². The first-order valence-corrected chi connectivity index (χ1v) is 5.18. The second-order valence-electron chi connectivity index (χ2n) is 3.29. The van der Waals surface area contributed by atoms with Crippen LogP contribution in [0.4, 0.5) is 4.79 Å². The van der Waals surface area contributed by atoms with Gasteiger partial charge in [-0.3, -0.25) is 4.79 Å². The van der Waals surface area contributed by atoms with Gasteiger partial charge >= 0.3 is 6.03 Å². The SMILES string of the molecule is NC(=O)CC1SCC2NC(=O)NC21. The molecule has 6 heteroatoms. The average Bonchev–Trinajstić information content (AvgIpc) is 2.51. The van der Waals surface area contributed by atoms with Gasteiger partial charge in [0.2, 0.25) is 5.91 Å². The van der Waals surface area contributed by atoms with Gasteiger partial charge in [0.15, 0.2) is 0 Å². The molecule has 0 saturated carbocycles. The molecule has 0 radical (unpaired) electrons. The third-order valence-electron chi connectivity index (χ3n) is 2.34. The van der Waals surface area contributed by atoms with Gasteiger partial charge in [-0.05, 0) is 0 Å². The van der Waals surface area contributed by atoms with Crippen LogP contribution < -0.4 is 16.4 Å². The number of thioether (sulfide) groups is 1. The van der Waals surface area contributed by atoms with Gasteiger partial charge in [-0.1, -0.05) is 0 Å². The highest BCUT2D eigenvalue weighted by Gasteiger charge is 2.43. The molecule has 72 valence electrons. The molecule has 2 aliphatic heterocycles. The lowest BCUT2D eigenvalue weighted by Crippen LogP contribution is -2.38. The van der Waals surface area contributed by atoms with Gasteiger partial charge in [-0.25, -0.2) is 4.79 Å². The number of urea groups is 1. The fraction of sp³-hybridized carbons (Fsp3) is 0.714. The highest BCUT2D eigenvalue weighted by molar-refractivity contribution is 8.00. The molecule has 3 amide bonds. The molecule has 0 aromatic heterocycles. The second-order valence-corrected chi connectivity index (χ2v) is 4.56. The molecule has 2 rings (SSSR count). The van der Waals surface area contributed by atoms with Crippen LogP contribution in [0, 0.1) is 0 Å². The van der Waals surface area contributed by atoms with Gasteiger partial charge in [0.05, 0.1) is 12.1 Å². The lowest BCUT2D eigenvalue weighted by atomic mass is 10.1. The predicted molar refractivity (Wildman–Crippen MR) is 49.3 cm³/mol. The topological polar surface area (TPSA) is 84.2 Å². The number of hydrogen-bond acceptors (Lipinski definition) is 3. The van der Waals surface area contributed by atoms with E-state index in [1.165, 1.54) is 0 Å². The Morgan fingerprint density at radius 3 is 3.08 bits per heavy atom. The van der Waals surface area contributed by atoms with Crippen LogP contribution >= 0.6 is 11.8 Å². The van der Waals surface area contributed by atoms with Crippen LogP contribution in [-0.2, 0) is 4.79 Å². The molecule has 2 fully saturated rings. The van der Waals surface area contributed by atoms with Crippen molar-refractivity contribution in [1.29, 1.82) is 0 Å². The second kappa shape index (κ2) is 3.10. The average molecular weight is 201 g/mol. The minimum absolute atomic E-state index is 0.0741. The number of carbonyl (C=O) groups is 2. The summed E-state index contributed by atoms with van der Waals surface area (Å²) in [7, 11) is 0. The summed E-state index contributed by atoms with van der Waals surface area (Å²) in [6.07, 6.45) is 0.341. The summed E-state index contributed by atoms with van der Waals surface area (Å²) in [6, 6.07) is 0.108. The Labute approximate surface area is 79.8 Å². The quantitative estimate of drug-likeness (QED) is 0.502. The first-order chi connectivity index (χ1) is 6.16. The fourth-order valence-corrected chi connectivity index (χ4v) is 3.26. The highest BCUT2D eigenvalue weighted by Crippen LogP contribution is 2.31. The van der Waals surface area contributed by atoms with E-state index in [1.54, 1.807) is 11.8 Å². The van der Waals surface area contributed by atoms with Gasteiger partial charge in [0, 0.05) is 17.4 Å². The largest absolute Gasteiger partial charge is 0.370 e. The van der Waals surface area contributed by atoms with E-state index in [2.05, 4.69) is 10.6 Å². The molecule has 5 nitrogen and oxygen atoms in total. The number of nitrogens with one attached hydrogen (secondary N) is 2. The fourth-order valence-electron chi connectivity index (χ4n) is 1.76. The molecular weight excluding hydrogens is 190 g/mol. The molecule has 0 aromatic rings. The maximum atomic E-state index is 10.9. The van der Waals surface area contributed by atoms with Gasteiger partial charge in [0.25, 0.3) is 0 Å².